The van der Waals surface area contributed by atoms with Crippen LogP contribution in [0.4, 0.5) is 13.2 Å². The van der Waals surface area contributed by atoms with Gasteiger partial charge in [0, 0.05) is 25.1 Å². The molecule has 0 aliphatic carbocycles. The predicted octanol–water partition coefficient (Wildman–Crippen LogP) is 2.41. The van der Waals surface area contributed by atoms with Crippen LogP contribution < -0.4 is 10.1 Å². The van der Waals surface area contributed by atoms with E-state index >= 15 is 0 Å². The molecule has 0 bridgehead atoms. The molecular formula is C15H17F3N2O3. The number of oxazole rings is 1. The van der Waals surface area contributed by atoms with E-state index in [9.17, 15) is 13.2 Å². The van der Waals surface area contributed by atoms with Crippen molar-refractivity contribution in [3.63, 3.8) is 0 Å². The lowest BCUT2D eigenvalue weighted by atomic mass is 10.2. The summed E-state index contributed by atoms with van der Waals surface area (Å²) >= 11 is 0. The summed E-state index contributed by atoms with van der Waals surface area (Å²) in [5.41, 5.74) is 1.39. The van der Waals surface area contributed by atoms with Gasteiger partial charge in [0.1, 0.15) is 12.0 Å². The molecule has 1 atom stereocenters. The highest BCUT2D eigenvalue weighted by molar-refractivity contribution is 5.54. The number of benzene rings is 1. The second-order valence-corrected chi connectivity index (χ2v) is 4.88. The molecule has 8 heteroatoms. The standard InChI is InChI=1S/C15H17F3N2O3/c1-22-12-4-2-10(3-5-12)14-20-11(9-23-14)6-7-19-8-13(21)15(16,17)18/h2-5,9,13,19,21H,6-8H2,1H3. The maximum atomic E-state index is 12.1. The Morgan fingerprint density at radius 3 is 2.61 bits per heavy atom. The van der Waals surface area contributed by atoms with Crippen molar-refractivity contribution < 1.29 is 27.4 Å². The highest BCUT2D eigenvalue weighted by atomic mass is 19.4. The van der Waals surface area contributed by atoms with Gasteiger partial charge in [-0.05, 0) is 24.3 Å². The Hall–Kier alpha value is -2.06. The average Bonchev–Trinajstić information content (AvgIpc) is 2.99. The number of nitrogens with zero attached hydrogens (tertiary/aromatic N) is 1. The largest absolute Gasteiger partial charge is 0.497 e. The average molecular weight is 330 g/mol. The minimum Gasteiger partial charge on any atom is -0.497 e. The number of rotatable bonds is 7. The van der Waals surface area contributed by atoms with Crippen LogP contribution in [-0.4, -0.2) is 42.6 Å². The number of aromatic nitrogens is 1. The third-order valence-corrected chi connectivity index (χ3v) is 3.16. The fourth-order valence-electron chi connectivity index (χ4n) is 1.86. The lowest BCUT2D eigenvalue weighted by Crippen LogP contribution is -2.39. The lowest BCUT2D eigenvalue weighted by Gasteiger charge is -2.14. The van der Waals surface area contributed by atoms with E-state index in [0.717, 1.165) is 5.56 Å². The molecule has 0 saturated heterocycles. The normalized spacial score (nSPS) is 13.1. The van der Waals surface area contributed by atoms with Crippen molar-refractivity contribution in [1.82, 2.24) is 10.3 Å². The highest BCUT2D eigenvalue weighted by Gasteiger charge is 2.37. The van der Waals surface area contributed by atoms with Crippen molar-refractivity contribution in [2.75, 3.05) is 20.2 Å². The summed E-state index contributed by atoms with van der Waals surface area (Å²) in [4.78, 5) is 4.27. The number of ether oxygens (including phenoxy) is 1. The Morgan fingerprint density at radius 2 is 2.00 bits per heavy atom. The number of hydrogen-bond acceptors (Lipinski definition) is 5. The number of alkyl halides is 3. The number of methoxy groups -OCH3 is 1. The Kier molecular flexibility index (Phi) is 5.62. The minimum atomic E-state index is -4.61. The van der Waals surface area contributed by atoms with Crippen molar-refractivity contribution >= 4 is 0 Å². The Labute approximate surface area is 131 Å². The maximum absolute atomic E-state index is 12.1. The fourth-order valence-corrected chi connectivity index (χ4v) is 1.86. The molecule has 2 rings (SSSR count). The van der Waals surface area contributed by atoms with Crippen LogP contribution in [-0.2, 0) is 6.42 Å². The molecule has 1 heterocycles. The zero-order chi connectivity index (χ0) is 16.9. The van der Waals surface area contributed by atoms with Crippen LogP contribution in [0, 0.1) is 0 Å². The minimum absolute atomic E-state index is 0.252. The molecule has 1 unspecified atom stereocenters. The van der Waals surface area contributed by atoms with Crippen molar-refractivity contribution in [2.24, 2.45) is 0 Å². The van der Waals surface area contributed by atoms with Crippen LogP contribution in [0.15, 0.2) is 34.9 Å². The molecule has 5 nitrogen and oxygen atoms in total. The van der Waals surface area contributed by atoms with Crippen LogP contribution in [0.3, 0.4) is 0 Å². The van der Waals surface area contributed by atoms with E-state index in [1.807, 2.05) is 0 Å². The summed E-state index contributed by atoms with van der Waals surface area (Å²) < 4.78 is 46.8. The number of aliphatic hydroxyl groups excluding tert-OH is 1. The van der Waals surface area contributed by atoms with Crippen molar-refractivity contribution in [3.05, 3.63) is 36.2 Å². The maximum Gasteiger partial charge on any atom is 0.415 e. The zero-order valence-corrected chi connectivity index (χ0v) is 12.4. The van der Waals surface area contributed by atoms with E-state index in [1.165, 1.54) is 6.26 Å². The van der Waals surface area contributed by atoms with Gasteiger partial charge in [-0.3, -0.25) is 0 Å². The highest BCUT2D eigenvalue weighted by Crippen LogP contribution is 2.22. The number of nitrogens with one attached hydrogen (secondary N) is 1. The van der Waals surface area contributed by atoms with Crippen molar-refractivity contribution in [3.8, 4) is 17.2 Å². The second-order valence-electron chi connectivity index (χ2n) is 4.88. The Balaban J connectivity index is 1.83. The topological polar surface area (TPSA) is 67.5 Å². The van der Waals surface area contributed by atoms with Crippen molar-refractivity contribution in [1.29, 1.82) is 0 Å². The van der Waals surface area contributed by atoms with E-state index in [4.69, 9.17) is 14.3 Å². The SMILES string of the molecule is COc1ccc(-c2nc(CCNCC(O)C(F)(F)F)co2)cc1. The first kappa shape index (κ1) is 17.3. The summed E-state index contributed by atoms with van der Waals surface area (Å²) in [6.45, 7) is -0.297. The van der Waals surface area contributed by atoms with Crippen LogP contribution >= 0.6 is 0 Å². The number of hydrogen-bond donors (Lipinski definition) is 2. The Morgan fingerprint density at radius 1 is 1.30 bits per heavy atom. The zero-order valence-electron chi connectivity index (χ0n) is 12.4. The monoisotopic (exact) mass is 330 g/mol. The lowest BCUT2D eigenvalue weighted by molar-refractivity contribution is -0.201. The molecule has 0 spiro atoms. The van der Waals surface area contributed by atoms with Gasteiger partial charge >= 0.3 is 6.18 Å². The van der Waals surface area contributed by atoms with Gasteiger partial charge in [-0.15, -0.1) is 0 Å². The van der Waals surface area contributed by atoms with E-state index in [-0.39, 0.29) is 6.54 Å². The van der Waals surface area contributed by atoms with Crippen molar-refractivity contribution in [2.45, 2.75) is 18.7 Å². The number of halogens is 3. The molecule has 0 saturated carbocycles. The fraction of sp³-hybridized carbons (Fsp3) is 0.400. The van der Waals surface area contributed by atoms with Crippen LogP contribution in [0.25, 0.3) is 11.5 Å². The summed E-state index contributed by atoms with van der Waals surface area (Å²) in [6, 6.07) is 7.15. The smallest absolute Gasteiger partial charge is 0.415 e. The third-order valence-electron chi connectivity index (χ3n) is 3.16. The van der Waals surface area contributed by atoms with Gasteiger partial charge < -0.3 is 19.6 Å². The van der Waals surface area contributed by atoms with Gasteiger partial charge in [-0.2, -0.15) is 13.2 Å². The van der Waals surface area contributed by atoms with Gasteiger partial charge in [0.25, 0.3) is 0 Å². The molecule has 1 aromatic heterocycles. The molecular weight excluding hydrogens is 313 g/mol. The predicted molar refractivity (Wildman–Crippen MR) is 77.1 cm³/mol. The van der Waals surface area contributed by atoms with E-state index < -0.39 is 18.8 Å². The first-order valence-electron chi connectivity index (χ1n) is 6.94. The van der Waals surface area contributed by atoms with E-state index in [1.54, 1.807) is 31.4 Å². The first-order chi connectivity index (χ1) is 10.9. The molecule has 0 amide bonds. The molecule has 2 N–H and O–H groups in total. The van der Waals surface area contributed by atoms with Crippen LogP contribution in [0.2, 0.25) is 0 Å². The van der Waals surface area contributed by atoms with Gasteiger partial charge in [-0.25, -0.2) is 4.98 Å². The molecule has 23 heavy (non-hydrogen) atoms. The number of aliphatic hydroxyl groups is 1. The Bertz CT molecular complexity index is 611. The molecule has 0 fully saturated rings. The molecule has 126 valence electrons. The molecule has 2 aromatic rings. The van der Waals surface area contributed by atoms with Crippen LogP contribution in [0.5, 0.6) is 5.75 Å². The van der Waals surface area contributed by atoms with Gasteiger partial charge in [0.2, 0.25) is 5.89 Å². The third kappa shape index (κ3) is 4.97. The van der Waals surface area contributed by atoms with Gasteiger partial charge in [0.15, 0.2) is 6.10 Å². The quantitative estimate of drug-likeness (QED) is 0.763. The summed E-state index contributed by atoms with van der Waals surface area (Å²) in [7, 11) is 1.57. The van der Waals surface area contributed by atoms with Crippen LogP contribution in [0.1, 0.15) is 5.69 Å². The summed E-state index contributed by atoms with van der Waals surface area (Å²) in [5, 5.41) is 11.4. The first-order valence-corrected chi connectivity index (χ1v) is 6.94. The van der Waals surface area contributed by atoms with E-state index in [2.05, 4.69) is 10.3 Å². The summed E-state index contributed by atoms with van der Waals surface area (Å²) in [5.74, 6) is 1.14. The summed E-state index contributed by atoms with van der Waals surface area (Å²) in [6.07, 6.45) is -5.12. The molecule has 0 radical (unpaired) electrons. The molecule has 0 aliphatic rings. The molecule has 1 aromatic carbocycles. The van der Waals surface area contributed by atoms with E-state index in [0.29, 0.717) is 23.8 Å². The van der Waals surface area contributed by atoms with Gasteiger partial charge in [0.05, 0.1) is 12.8 Å². The molecule has 0 aliphatic heterocycles. The van der Waals surface area contributed by atoms with Gasteiger partial charge in [-0.1, -0.05) is 0 Å². The second kappa shape index (κ2) is 7.47.